The van der Waals surface area contributed by atoms with E-state index in [1.54, 1.807) is 22.6 Å². The zero-order valence-electron chi connectivity index (χ0n) is 9.18. The summed E-state index contributed by atoms with van der Waals surface area (Å²) in [5.41, 5.74) is 0.723. The quantitative estimate of drug-likeness (QED) is 0.764. The number of aromatic amines is 1. The second kappa shape index (κ2) is 4.27. The molecule has 0 saturated heterocycles. The zero-order valence-corrected chi connectivity index (χ0v) is 11.3. The molecule has 0 bridgehead atoms. The molecule has 0 saturated carbocycles. The van der Waals surface area contributed by atoms with E-state index in [-0.39, 0.29) is 21.1 Å². The number of halogens is 1. The van der Waals surface area contributed by atoms with Crippen molar-refractivity contribution >= 4 is 22.6 Å². The first-order valence-electron chi connectivity index (χ1n) is 5.38. The molecule has 1 atom stereocenters. The summed E-state index contributed by atoms with van der Waals surface area (Å²) in [6.07, 6.45) is 0.289. The normalized spacial score (nSPS) is 17.3. The Balaban J connectivity index is 1.98. The lowest BCUT2D eigenvalue weighted by atomic mass is 10.1. The first-order chi connectivity index (χ1) is 8.65. The second-order valence-corrected chi connectivity index (χ2v) is 5.09. The molecule has 2 aromatic rings. The third-order valence-corrected chi connectivity index (χ3v) is 3.79. The van der Waals surface area contributed by atoms with Gasteiger partial charge < -0.3 is 14.8 Å². The van der Waals surface area contributed by atoms with Crippen molar-refractivity contribution in [1.82, 2.24) is 9.97 Å². The van der Waals surface area contributed by atoms with Gasteiger partial charge in [-0.25, -0.2) is 0 Å². The third-order valence-electron chi connectivity index (χ3n) is 2.82. The standard InChI is InChI=1S/C12H9IN2O3/c13-9-11(16)14-10(15-12(9)17)8-5-6-3-1-2-4-7(6)18-8/h1-4,8H,5H2,(H2,14,15,16,17). The lowest BCUT2D eigenvalue weighted by molar-refractivity contribution is 0.225. The molecule has 92 valence electrons. The Morgan fingerprint density at radius 1 is 1.44 bits per heavy atom. The SMILES string of the molecule is O=c1[nH]c(C2Cc3ccccc3O2)nc(O)c1I. The van der Waals surface area contributed by atoms with E-state index in [4.69, 9.17) is 4.74 Å². The number of nitrogens with one attached hydrogen (secondary N) is 1. The lowest BCUT2D eigenvalue weighted by Crippen LogP contribution is -2.18. The number of aromatic hydroxyl groups is 1. The van der Waals surface area contributed by atoms with Crippen LogP contribution in [0, 0.1) is 3.57 Å². The minimum Gasteiger partial charge on any atom is -0.492 e. The average Bonchev–Trinajstić information content (AvgIpc) is 2.79. The van der Waals surface area contributed by atoms with E-state index in [1.165, 1.54) is 0 Å². The van der Waals surface area contributed by atoms with Crippen LogP contribution in [0.5, 0.6) is 11.6 Å². The van der Waals surface area contributed by atoms with Crippen LogP contribution in [0.15, 0.2) is 29.1 Å². The number of rotatable bonds is 1. The summed E-state index contributed by atoms with van der Waals surface area (Å²) in [6, 6.07) is 7.68. The molecule has 1 aromatic heterocycles. The van der Waals surface area contributed by atoms with E-state index in [2.05, 4.69) is 9.97 Å². The Morgan fingerprint density at radius 3 is 2.94 bits per heavy atom. The molecule has 0 amide bonds. The zero-order chi connectivity index (χ0) is 12.7. The summed E-state index contributed by atoms with van der Waals surface area (Å²) < 4.78 is 5.88. The van der Waals surface area contributed by atoms with Gasteiger partial charge in [0.2, 0.25) is 5.88 Å². The summed E-state index contributed by atoms with van der Waals surface area (Å²) >= 11 is 1.75. The maximum absolute atomic E-state index is 11.6. The molecule has 1 aromatic carbocycles. The average molecular weight is 356 g/mol. The number of aromatic nitrogens is 2. The summed E-state index contributed by atoms with van der Waals surface area (Å²) in [5.74, 6) is 0.895. The Bertz CT molecular complexity index is 644. The third kappa shape index (κ3) is 1.86. The van der Waals surface area contributed by atoms with Crippen LogP contribution in [-0.4, -0.2) is 15.1 Å². The summed E-state index contributed by atoms with van der Waals surface area (Å²) in [7, 11) is 0. The maximum Gasteiger partial charge on any atom is 0.268 e. The molecule has 2 heterocycles. The van der Waals surface area contributed by atoms with Gasteiger partial charge in [-0.15, -0.1) is 0 Å². The van der Waals surface area contributed by atoms with E-state index in [1.807, 2.05) is 24.3 Å². The molecule has 1 aliphatic heterocycles. The molecular weight excluding hydrogens is 347 g/mol. The highest BCUT2D eigenvalue weighted by atomic mass is 127. The Morgan fingerprint density at radius 2 is 2.22 bits per heavy atom. The first-order valence-corrected chi connectivity index (χ1v) is 6.46. The number of hydrogen-bond donors (Lipinski definition) is 2. The highest BCUT2D eigenvalue weighted by Gasteiger charge is 2.26. The van der Waals surface area contributed by atoms with Gasteiger partial charge in [0.1, 0.15) is 9.32 Å². The molecule has 2 N–H and O–H groups in total. The van der Waals surface area contributed by atoms with Crippen molar-refractivity contribution in [3.8, 4) is 11.6 Å². The van der Waals surface area contributed by atoms with Crippen molar-refractivity contribution in [2.75, 3.05) is 0 Å². The molecule has 3 rings (SSSR count). The van der Waals surface area contributed by atoms with Crippen molar-refractivity contribution < 1.29 is 9.84 Å². The Labute approximate surface area is 116 Å². The maximum atomic E-state index is 11.6. The fourth-order valence-corrected chi connectivity index (χ4v) is 2.21. The molecule has 18 heavy (non-hydrogen) atoms. The molecule has 6 heteroatoms. The number of ether oxygens (including phenoxy) is 1. The van der Waals surface area contributed by atoms with Crippen molar-refractivity contribution in [2.24, 2.45) is 0 Å². The van der Waals surface area contributed by atoms with Gasteiger partial charge >= 0.3 is 0 Å². The highest BCUT2D eigenvalue weighted by molar-refractivity contribution is 14.1. The second-order valence-electron chi connectivity index (χ2n) is 4.01. The Kier molecular flexibility index (Phi) is 2.73. The summed E-state index contributed by atoms with van der Waals surface area (Å²) in [5, 5.41) is 9.56. The fraction of sp³-hybridized carbons (Fsp3) is 0.167. The van der Waals surface area contributed by atoms with Gasteiger partial charge in [0.25, 0.3) is 5.56 Å². The van der Waals surface area contributed by atoms with Gasteiger partial charge in [-0.05, 0) is 34.2 Å². The molecule has 5 nitrogen and oxygen atoms in total. The summed E-state index contributed by atoms with van der Waals surface area (Å²) in [6.45, 7) is 0. The number of H-pyrrole nitrogens is 1. The molecule has 1 unspecified atom stereocenters. The lowest BCUT2D eigenvalue weighted by Gasteiger charge is -2.10. The highest BCUT2D eigenvalue weighted by Crippen LogP contribution is 2.35. The minimum absolute atomic E-state index is 0.187. The van der Waals surface area contributed by atoms with Crippen molar-refractivity contribution in [1.29, 1.82) is 0 Å². The van der Waals surface area contributed by atoms with Crippen LogP contribution in [0.25, 0.3) is 0 Å². The predicted molar refractivity (Wildman–Crippen MR) is 72.8 cm³/mol. The number of fused-ring (bicyclic) bond motifs is 1. The summed E-state index contributed by atoms with van der Waals surface area (Å²) in [4.78, 5) is 18.2. The van der Waals surface area contributed by atoms with Gasteiger partial charge in [-0.1, -0.05) is 18.2 Å². The van der Waals surface area contributed by atoms with E-state index < -0.39 is 0 Å². The monoisotopic (exact) mass is 356 g/mol. The predicted octanol–water partition coefficient (Wildman–Crippen LogP) is 1.76. The Hall–Kier alpha value is -1.57. The number of nitrogens with zero attached hydrogens (tertiary/aromatic N) is 1. The molecule has 1 aliphatic rings. The largest absolute Gasteiger partial charge is 0.492 e. The van der Waals surface area contributed by atoms with Crippen LogP contribution < -0.4 is 10.3 Å². The van der Waals surface area contributed by atoms with Crippen LogP contribution in [0.2, 0.25) is 0 Å². The van der Waals surface area contributed by atoms with Crippen LogP contribution in [0.3, 0.4) is 0 Å². The topological polar surface area (TPSA) is 75.2 Å². The minimum atomic E-state index is -0.349. The fourth-order valence-electron chi connectivity index (χ4n) is 1.95. The van der Waals surface area contributed by atoms with Gasteiger partial charge in [0, 0.05) is 6.42 Å². The van der Waals surface area contributed by atoms with Crippen LogP contribution in [0.4, 0.5) is 0 Å². The number of para-hydroxylation sites is 1. The van der Waals surface area contributed by atoms with Crippen LogP contribution >= 0.6 is 22.6 Å². The smallest absolute Gasteiger partial charge is 0.268 e. The van der Waals surface area contributed by atoms with Crippen LogP contribution in [0.1, 0.15) is 17.5 Å². The van der Waals surface area contributed by atoms with Gasteiger partial charge in [-0.2, -0.15) is 4.98 Å². The van der Waals surface area contributed by atoms with E-state index in [0.717, 1.165) is 11.3 Å². The van der Waals surface area contributed by atoms with E-state index in [9.17, 15) is 9.90 Å². The van der Waals surface area contributed by atoms with Crippen molar-refractivity contribution in [3.63, 3.8) is 0 Å². The van der Waals surface area contributed by atoms with Crippen molar-refractivity contribution in [2.45, 2.75) is 12.5 Å². The van der Waals surface area contributed by atoms with E-state index >= 15 is 0 Å². The molecule has 0 fully saturated rings. The number of hydrogen-bond acceptors (Lipinski definition) is 4. The van der Waals surface area contributed by atoms with Gasteiger partial charge in [0.05, 0.1) is 0 Å². The van der Waals surface area contributed by atoms with Crippen LogP contribution in [-0.2, 0) is 6.42 Å². The molecule has 0 aliphatic carbocycles. The van der Waals surface area contributed by atoms with Gasteiger partial charge in [-0.3, -0.25) is 4.79 Å². The van der Waals surface area contributed by atoms with Crippen molar-refractivity contribution in [3.05, 3.63) is 49.6 Å². The van der Waals surface area contributed by atoms with Gasteiger partial charge in [0.15, 0.2) is 11.9 Å². The molecule has 0 radical (unpaired) electrons. The number of benzene rings is 1. The first kappa shape index (κ1) is 11.5. The molecule has 0 spiro atoms. The van der Waals surface area contributed by atoms with E-state index in [0.29, 0.717) is 12.2 Å². The molecular formula is C12H9IN2O3.